The van der Waals surface area contributed by atoms with Gasteiger partial charge in [-0.25, -0.2) is 14.4 Å². The van der Waals surface area contributed by atoms with Gasteiger partial charge in [-0.3, -0.25) is 28.7 Å². The Kier molecular flexibility index (Phi) is 12.4. The van der Waals surface area contributed by atoms with E-state index in [4.69, 9.17) is 4.98 Å². The molecule has 4 aromatic rings. The van der Waals surface area contributed by atoms with E-state index in [-0.39, 0.29) is 40.8 Å². The third kappa shape index (κ3) is 9.49. The molecule has 62 heavy (non-hydrogen) atoms. The lowest BCUT2D eigenvalue weighted by molar-refractivity contribution is -0.146. The number of imidazole rings is 1. The Morgan fingerprint density at radius 2 is 1.73 bits per heavy atom. The second-order valence-corrected chi connectivity index (χ2v) is 19.3. The highest BCUT2D eigenvalue weighted by Gasteiger charge is 2.47. The summed E-state index contributed by atoms with van der Waals surface area (Å²) < 4.78 is 17.6. The average molecular weight is 853 g/mol. The van der Waals surface area contributed by atoms with E-state index in [1.54, 1.807) is 40.5 Å². The number of aromatic nitrogens is 5. The van der Waals surface area contributed by atoms with Gasteiger partial charge in [-0.2, -0.15) is 5.10 Å². The summed E-state index contributed by atoms with van der Waals surface area (Å²) in [4.78, 5) is 67.5. The van der Waals surface area contributed by atoms with E-state index in [9.17, 15) is 24.3 Å². The van der Waals surface area contributed by atoms with Crippen LogP contribution in [0.4, 0.5) is 15.9 Å². The number of hydrogen-bond donors (Lipinski definition) is 4. The molecule has 4 fully saturated rings. The van der Waals surface area contributed by atoms with Gasteiger partial charge in [0.1, 0.15) is 11.9 Å². The number of amides is 4. The number of piperidine rings is 1. The van der Waals surface area contributed by atoms with E-state index < -0.39 is 23.4 Å². The smallest absolute Gasteiger partial charge is 0.253 e. The normalized spacial score (nSPS) is 20.4. The first-order chi connectivity index (χ1) is 29.7. The number of fused-ring (bicyclic) bond motifs is 1. The fourth-order valence-electron chi connectivity index (χ4n) is 9.38. The molecule has 0 bridgehead atoms. The molecule has 3 aromatic heterocycles. The molecule has 4 amide bonds. The first kappa shape index (κ1) is 43.3. The molecule has 1 aromatic carbocycles. The summed E-state index contributed by atoms with van der Waals surface area (Å²) in [6.45, 7) is 10.6. The molecule has 0 radical (unpaired) electrons. The molecule has 15 nitrogen and oxygen atoms in total. The van der Waals surface area contributed by atoms with Gasteiger partial charge in [0.05, 0.1) is 35.6 Å². The van der Waals surface area contributed by atoms with E-state index in [2.05, 4.69) is 25.8 Å². The van der Waals surface area contributed by atoms with Gasteiger partial charge in [-0.1, -0.05) is 40.0 Å². The number of rotatable bonds is 15. The first-order valence-corrected chi connectivity index (χ1v) is 22.5. The fraction of sp³-hybridized carbons (Fsp3) is 0.587. The van der Waals surface area contributed by atoms with Crippen LogP contribution in [0.25, 0.3) is 16.9 Å². The number of nitrogens with one attached hydrogen (secondary N) is 3. The number of halogens is 1. The van der Waals surface area contributed by atoms with Crippen molar-refractivity contribution in [2.75, 3.05) is 38.0 Å². The Bertz CT molecular complexity index is 2270. The summed E-state index contributed by atoms with van der Waals surface area (Å²) in [5.74, 6) is -0.0619. The number of hydrogen-bond acceptors (Lipinski definition) is 9. The number of benzene rings is 1. The largest absolute Gasteiger partial charge is 0.391 e. The van der Waals surface area contributed by atoms with Gasteiger partial charge >= 0.3 is 0 Å². The van der Waals surface area contributed by atoms with Gasteiger partial charge < -0.3 is 30.4 Å². The summed E-state index contributed by atoms with van der Waals surface area (Å²) >= 11 is 0. The number of nitrogens with zero attached hydrogens (tertiary/aromatic N) is 7. The molecule has 1 aliphatic carbocycles. The molecule has 16 heteroatoms. The van der Waals surface area contributed by atoms with E-state index in [0.717, 1.165) is 68.3 Å². The molecule has 3 aliphatic heterocycles. The molecule has 4 aliphatic rings. The molecule has 6 heterocycles. The molecule has 3 atom stereocenters. The third-order valence-corrected chi connectivity index (χ3v) is 13.3. The van der Waals surface area contributed by atoms with Crippen molar-refractivity contribution in [3.63, 3.8) is 0 Å². The van der Waals surface area contributed by atoms with Gasteiger partial charge in [0.2, 0.25) is 17.7 Å². The van der Waals surface area contributed by atoms with E-state index >= 15 is 4.39 Å². The highest BCUT2D eigenvalue weighted by atomic mass is 19.1. The maximum Gasteiger partial charge on any atom is 0.253 e. The number of aliphatic hydroxyl groups is 1. The Morgan fingerprint density at radius 1 is 1.00 bits per heavy atom. The molecule has 332 valence electrons. The van der Waals surface area contributed by atoms with Crippen molar-refractivity contribution >= 4 is 40.8 Å². The zero-order valence-corrected chi connectivity index (χ0v) is 36.5. The van der Waals surface area contributed by atoms with Crippen LogP contribution in [-0.2, 0) is 14.4 Å². The maximum absolute atomic E-state index is 15.6. The van der Waals surface area contributed by atoms with E-state index in [0.29, 0.717) is 81.4 Å². The molecular weight excluding hydrogens is 792 g/mol. The average Bonchev–Trinajstić information content (AvgIpc) is 3.57. The lowest BCUT2D eigenvalue weighted by atomic mass is 9.71. The Labute approximate surface area is 362 Å². The molecule has 0 unspecified atom stereocenters. The number of likely N-dealkylation sites (tertiary alicyclic amines) is 3. The number of H-pyrrole nitrogens is 1. The minimum absolute atomic E-state index is 0.0221. The standard InChI is InChI=1S/C46H61FN10O5/c1-29-20-33(58)25-56(29)44(62)40(45(2,3)4)53-38(59)10-8-6-5-7-9-11-39(60)55-27-46(28-55)16-18-54(19-17-46)43(61)31-14-15-35(34(47)21-31)51-41-42-48-24-37(32-22-49-50-23-32)57(42)26-36(52-41)30-12-13-30/h14-15,21-24,26,29-30,33,40,58H,5-13,16-20,25,27-28H2,1-4H3,(H,49,50)(H,51,52)(H,53,59)/t29-,33-,40-/m1/s1. The highest BCUT2D eigenvalue weighted by Crippen LogP contribution is 2.42. The molecule has 4 N–H and O–H groups in total. The van der Waals surface area contributed by atoms with Crippen molar-refractivity contribution in [3.8, 4) is 11.3 Å². The van der Waals surface area contributed by atoms with Crippen LogP contribution in [-0.4, -0.2) is 119 Å². The van der Waals surface area contributed by atoms with Crippen LogP contribution in [0.2, 0.25) is 0 Å². The summed E-state index contributed by atoms with van der Waals surface area (Å²) in [6.07, 6.45) is 16.1. The molecule has 1 spiro atoms. The summed E-state index contributed by atoms with van der Waals surface area (Å²) in [6, 6.07) is 3.82. The van der Waals surface area contributed by atoms with Gasteiger partial charge in [-0.15, -0.1) is 0 Å². The summed E-state index contributed by atoms with van der Waals surface area (Å²) in [7, 11) is 0. The topological polar surface area (TPSA) is 181 Å². The minimum Gasteiger partial charge on any atom is -0.391 e. The van der Waals surface area contributed by atoms with Gasteiger partial charge in [0.25, 0.3) is 5.91 Å². The van der Waals surface area contributed by atoms with Crippen molar-refractivity contribution in [2.45, 2.75) is 129 Å². The first-order valence-electron chi connectivity index (χ1n) is 22.5. The van der Waals surface area contributed by atoms with Crippen LogP contribution in [0.5, 0.6) is 0 Å². The molecule has 1 saturated carbocycles. The van der Waals surface area contributed by atoms with Crippen molar-refractivity contribution in [3.05, 3.63) is 60.1 Å². The SMILES string of the molecule is C[C@@H]1C[C@@H](O)CN1C(=O)[C@@H](NC(=O)CCCCCCCC(=O)N1CC2(CCN(C(=O)c3ccc(Nc4nc(C5CC5)cn5c(-c6cn[nH]c6)cnc45)c(F)c3)CC2)C1)C(C)(C)C. The summed E-state index contributed by atoms with van der Waals surface area (Å²) in [5, 5.41) is 23.1. The molecular formula is C46H61FN10O5. The predicted molar refractivity (Wildman–Crippen MR) is 232 cm³/mol. The van der Waals surface area contributed by atoms with E-state index in [1.807, 2.05) is 43.2 Å². The van der Waals surface area contributed by atoms with Crippen molar-refractivity contribution in [1.82, 2.24) is 44.6 Å². The lowest BCUT2D eigenvalue weighted by Gasteiger charge is -2.54. The van der Waals surface area contributed by atoms with Crippen molar-refractivity contribution in [2.24, 2.45) is 10.8 Å². The summed E-state index contributed by atoms with van der Waals surface area (Å²) in [5.41, 5.74) is 3.28. The van der Waals surface area contributed by atoms with E-state index in [1.165, 1.54) is 6.07 Å². The molecule has 3 saturated heterocycles. The van der Waals surface area contributed by atoms with Crippen LogP contribution in [0.1, 0.15) is 127 Å². The monoisotopic (exact) mass is 852 g/mol. The van der Waals surface area contributed by atoms with Crippen LogP contribution in [0, 0.1) is 16.6 Å². The maximum atomic E-state index is 15.6. The van der Waals surface area contributed by atoms with Crippen molar-refractivity contribution in [1.29, 1.82) is 0 Å². The number of carbonyl (C=O) groups excluding carboxylic acids is 4. The number of unbranched alkanes of at least 4 members (excludes halogenated alkanes) is 4. The Morgan fingerprint density at radius 3 is 2.37 bits per heavy atom. The highest BCUT2D eigenvalue weighted by molar-refractivity contribution is 5.95. The van der Waals surface area contributed by atoms with Gasteiger partial charge in [0.15, 0.2) is 11.5 Å². The van der Waals surface area contributed by atoms with Gasteiger partial charge in [-0.05, 0) is 75.5 Å². The van der Waals surface area contributed by atoms with Crippen LogP contribution < -0.4 is 10.6 Å². The van der Waals surface area contributed by atoms with Crippen molar-refractivity contribution < 1.29 is 28.7 Å². The quantitative estimate of drug-likeness (QED) is 0.102. The predicted octanol–water partition coefficient (Wildman–Crippen LogP) is 6.19. The number of carbonyl (C=O) groups is 4. The zero-order valence-electron chi connectivity index (χ0n) is 36.5. The molecule has 8 rings (SSSR count). The Balaban J connectivity index is 0.738. The lowest BCUT2D eigenvalue weighted by Crippen LogP contribution is -2.62. The zero-order chi connectivity index (χ0) is 43.8. The second kappa shape index (κ2) is 17.8. The number of anilines is 2. The van der Waals surface area contributed by atoms with Crippen LogP contribution >= 0.6 is 0 Å². The minimum atomic E-state index is -0.652. The number of β-amino-alcohol motifs (C(OH)–C–C–N with tert-alkyl or cyclic N) is 1. The Hall–Kier alpha value is -5.38. The van der Waals surface area contributed by atoms with Gasteiger partial charge in [0, 0.05) is 86.5 Å². The second-order valence-electron chi connectivity index (χ2n) is 19.3. The third-order valence-electron chi connectivity index (χ3n) is 13.3. The number of aliphatic hydroxyl groups excluding tert-OH is 1. The number of aromatic amines is 1. The van der Waals surface area contributed by atoms with Crippen LogP contribution in [0.15, 0.2) is 43.0 Å². The fourth-order valence-corrected chi connectivity index (χ4v) is 9.38. The van der Waals surface area contributed by atoms with Crippen LogP contribution in [0.3, 0.4) is 0 Å².